The monoisotopic (exact) mass is 425 g/mol. The molecule has 0 saturated carbocycles. The van der Waals surface area contributed by atoms with Crippen molar-refractivity contribution in [3.05, 3.63) is 99.0 Å². The summed E-state index contributed by atoms with van der Waals surface area (Å²) in [5.74, 6) is 0.683. The van der Waals surface area contributed by atoms with Crippen molar-refractivity contribution in [3.8, 4) is 22.6 Å². The van der Waals surface area contributed by atoms with E-state index in [0.717, 1.165) is 27.3 Å². The molecule has 4 rings (SSSR count). The molecule has 1 heterocycles. The fourth-order valence-corrected chi connectivity index (χ4v) is 3.25. The largest absolute Gasteiger partial charge is 0.356 e. The van der Waals surface area contributed by atoms with E-state index in [1.807, 2.05) is 72.8 Å². The van der Waals surface area contributed by atoms with Crippen LogP contribution in [0.3, 0.4) is 0 Å². The van der Waals surface area contributed by atoms with Crippen molar-refractivity contribution in [1.82, 2.24) is 5.16 Å². The number of hydrogen-bond acceptors (Lipinski definition) is 2. The van der Waals surface area contributed by atoms with E-state index < -0.39 is 0 Å². The Morgan fingerprint density at radius 3 is 2.18 bits per heavy atom. The van der Waals surface area contributed by atoms with Crippen molar-refractivity contribution < 1.29 is 4.52 Å². The second kappa shape index (κ2) is 8.24. The van der Waals surface area contributed by atoms with E-state index in [2.05, 4.69) is 5.16 Å². The highest BCUT2D eigenvalue weighted by Crippen LogP contribution is 2.30. The average molecular weight is 427 g/mol. The predicted molar refractivity (Wildman–Crippen MR) is 118 cm³/mol. The van der Waals surface area contributed by atoms with Crippen LogP contribution in [0.25, 0.3) is 34.7 Å². The first kappa shape index (κ1) is 18.8. The molecule has 0 spiro atoms. The molecule has 0 fully saturated rings. The van der Waals surface area contributed by atoms with Gasteiger partial charge in [0.05, 0.1) is 10.0 Å². The quantitative estimate of drug-likeness (QED) is 0.308. The van der Waals surface area contributed by atoms with Gasteiger partial charge in [0.1, 0.15) is 5.69 Å². The second-order valence-corrected chi connectivity index (χ2v) is 7.40. The molecule has 1 aromatic heterocycles. The van der Waals surface area contributed by atoms with Crippen LogP contribution in [0.4, 0.5) is 0 Å². The molecule has 0 N–H and O–H groups in total. The molecule has 3 aromatic carbocycles. The van der Waals surface area contributed by atoms with Crippen molar-refractivity contribution in [2.75, 3.05) is 0 Å². The van der Waals surface area contributed by atoms with Crippen LogP contribution in [-0.2, 0) is 0 Å². The molecular formula is C23H14Cl3NO. The predicted octanol–water partition coefficient (Wildman–Crippen LogP) is 8.14. The topological polar surface area (TPSA) is 26.0 Å². The smallest absolute Gasteiger partial charge is 0.167 e. The Kier molecular flexibility index (Phi) is 5.54. The average Bonchev–Trinajstić information content (AvgIpc) is 3.20. The van der Waals surface area contributed by atoms with Crippen molar-refractivity contribution in [2.24, 2.45) is 0 Å². The molecule has 0 aliphatic carbocycles. The number of rotatable bonds is 4. The first-order valence-corrected chi connectivity index (χ1v) is 9.69. The Hall–Kier alpha value is -2.52. The van der Waals surface area contributed by atoms with Gasteiger partial charge in [-0.25, -0.2) is 0 Å². The van der Waals surface area contributed by atoms with E-state index in [9.17, 15) is 0 Å². The number of nitrogens with zero attached hydrogens (tertiary/aromatic N) is 1. The Morgan fingerprint density at radius 2 is 1.43 bits per heavy atom. The van der Waals surface area contributed by atoms with Crippen molar-refractivity contribution in [1.29, 1.82) is 0 Å². The van der Waals surface area contributed by atoms with Gasteiger partial charge in [0.15, 0.2) is 5.76 Å². The van der Waals surface area contributed by atoms with Gasteiger partial charge in [0.25, 0.3) is 0 Å². The van der Waals surface area contributed by atoms with E-state index >= 15 is 0 Å². The van der Waals surface area contributed by atoms with Gasteiger partial charge in [-0.2, -0.15) is 0 Å². The van der Waals surface area contributed by atoms with Crippen LogP contribution in [0.5, 0.6) is 0 Å². The summed E-state index contributed by atoms with van der Waals surface area (Å²) < 4.78 is 5.50. The Labute approximate surface area is 178 Å². The summed E-state index contributed by atoms with van der Waals surface area (Å²) >= 11 is 18.2. The number of halogens is 3. The molecule has 0 amide bonds. The summed E-state index contributed by atoms with van der Waals surface area (Å²) in [5, 5.41) is 5.86. The Balaban J connectivity index is 1.54. The van der Waals surface area contributed by atoms with E-state index in [1.165, 1.54) is 0 Å². The molecule has 0 unspecified atom stereocenters. The Bertz CT molecular complexity index is 1150. The zero-order valence-electron chi connectivity index (χ0n) is 14.6. The summed E-state index contributed by atoms with van der Waals surface area (Å²) in [6.45, 7) is 0. The summed E-state index contributed by atoms with van der Waals surface area (Å²) in [7, 11) is 0. The van der Waals surface area contributed by atoms with Crippen LogP contribution in [0, 0.1) is 0 Å². The lowest BCUT2D eigenvalue weighted by molar-refractivity contribution is 0.435. The highest BCUT2D eigenvalue weighted by atomic mass is 35.5. The maximum absolute atomic E-state index is 6.18. The third-order valence-electron chi connectivity index (χ3n) is 4.28. The van der Waals surface area contributed by atoms with Gasteiger partial charge in [0.2, 0.25) is 0 Å². The minimum Gasteiger partial charge on any atom is -0.356 e. The number of hydrogen-bond donors (Lipinski definition) is 0. The van der Waals surface area contributed by atoms with E-state index in [-0.39, 0.29) is 0 Å². The standard InChI is InChI=1S/C23H14Cl3NO/c24-19-4-2-1-3-16(19)8-5-15-6-9-17(10-7-15)23-14-22(27-28-23)18-11-12-20(25)21(26)13-18/h1-14H/b8-5+. The lowest BCUT2D eigenvalue weighted by Crippen LogP contribution is -1.78. The Morgan fingerprint density at radius 1 is 0.679 bits per heavy atom. The van der Waals surface area contributed by atoms with Crippen molar-refractivity contribution in [2.45, 2.75) is 0 Å². The van der Waals surface area contributed by atoms with Crippen LogP contribution >= 0.6 is 34.8 Å². The van der Waals surface area contributed by atoms with Crippen molar-refractivity contribution >= 4 is 47.0 Å². The molecule has 0 aliphatic heterocycles. The van der Waals surface area contributed by atoms with Gasteiger partial charge >= 0.3 is 0 Å². The summed E-state index contributed by atoms with van der Waals surface area (Å²) in [6.07, 6.45) is 4.01. The molecular weight excluding hydrogens is 413 g/mol. The maximum Gasteiger partial charge on any atom is 0.167 e. The van der Waals surface area contributed by atoms with Crippen LogP contribution in [-0.4, -0.2) is 5.16 Å². The van der Waals surface area contributed by atoms with Gasteiger partial charge in [-0.15, -0.1) is 0 Å². The lowest BCUT2D eigenvalue weighted by Gasteiger charge is -1.99. The van der Waals surface area contributed by atoms with Crippen LogP contribution in [0.15, 0.2) is 77.3 Å². The third kappa shape index (κ3) is 4.15. The van der Waals surface area contributed by atoms with Crippen LogP contribution < -0.4 is 0 Å². The molecule has 0 radical (unpaired) electrons. The summed E-state index contributed by atoms with van der Waals surface area (Å²) in [5.41, 5.74) is 4.54. The first-order chi connectivity index (χ1) is 13.6. The van der Waals surface area contributed by atoms with E-state index in [0.29, 0.717) is 21.5 Å². The highest BCUT2D eigenvalue weighted by molar-refractivity contribution is 6.42. The molecule has 5 heteroatoms. The first-order valence-electron chi connectivity index (χ1n) is 8.55. The van der Waals surface area contributed by atoms with Gasteiger partial charge < -0.3 is 4.52 Å². The minimum atomic E-state index is 0.485. The van der Waals surface area contributed by atoms with Crippen LogP contribution in [0.2, 0.25) is 15.1 Å². The molecule has 28 heavy (non-hydrogen) atoms. The number of benzene rings is 3. The molecule has 0 saturated heterocycles. The number of aromatic nitrogens is 1. The molecule has 4 aromatic rings. The molecule has 0 bridgehead atoms. The maximum atomic E-state index is 6.18. The highest BCUT2D eigenvalue weighted by Gasteiger charge is 2.10. The summed E-state index contributed by atoms with van der Waals surface area (Å²) in [4.78, 5) is 0. The van der Waals surface area contributed by atoms with Gasteiger partial charge in [0, 0.05) is 22.2 Å². The fraction of sp³-hybridized carbons (Fsp3) is 0. The summed E-state index contributed by atoms with van der Waals surface area (Å²) in [6, 6.07) is 23.0. The van der Waals surface area contributed by atoms with E-state index in [4.69, 9.17) is 39.3 Å². The minimum absolute atomic E-state index is 0.485. The van der Waals surface area contributed by atoms with E-state index in [1.54, 1.807) is 12.1 Å². The van der Waals surface area contributed by atoms with Gasteiger partial charge in [-0.3, -0.25) is 0 Å². The van der Waals surface area contributed by atoms with Gasteiger partial charge in [-0.1, -0.05) is 101 Å². The fourth-order valence-electron chi connectivity index (χ4n) is 2.76. The van der Waals surface area contributed by atoms with Crippen LogP contribution in [0.1, 0.15) is 11.1 Å². The van der Waals surface area contributed by atoms with Gasteiger partial charge in [-0.05, 0) is 29.3 Å². The molecule has 138 valence electrons. The lowest BCUT2D eigenvalue weighted by atomic mass is 10.1. The second-order valence-electron chi connectivity index (χ2n) is 6.18. The molecule has 0 atom stereocenters. The molecule has 2 nitrogen and oxygen atoms in total. The third-order valence-corrected chi connectivity index (χ3v) is 5.36. The zero-order valence-corrected chi connectivity index (χ0v) is 16.8. The zero-order chi connectivity index (χ0) is 19.5. The SMILES string of the molecule is Clc1ccc(-c2cc(-c3ccc(/C=C/c4ccccc4Cl)cc3)on2)cc1Cl. The molecule has 0 aliphatic rings. The normalized spacial score (nSPS) is 11.2. The van der Waals surface area contributed by atoms with Crippen molar-refractivity contribution in [3.63, 3.8) is 0 Å².